The summed E-state index contributed by atoms with van der Waals surface area (Å²) < 4.78 is 0. The summed E-state index contributed by atoms with van der Waals surface area (Å²) in [5.41, 5.74) is 0.0875. The molecule has 2 N–H and O–H groups in total. The highest BCUT2D eigenvalue weighted by Crippen LogP contribution is 2.26. The predicted molar refractivity (Wildman–Crippen MR) is 80.9 cm³/mol. The van der Waals surface area contributed by atoms with Crippen LogP contribution in [0.4, 0.5) is 11.4 Å². The number of nitro groups is 1. The average molecular weight is 304 g/mol. The molecule has 0 fully saturated rings. The van der Waals surface area contributed by atoms with Crippen LogP contribution in [0.5, 0.6) is 5.75 Å². The van der Waals surface area contributed by atoms with Crippen LogP contribution in [0, 0.1) is 10.1 Å². The van der Waals surface area contributed by atoms with Crippen molar-refractivity contribution in [1.82, 2.24) is 0 Å². The van der Waals surface area contributed by atoms with Gasteiger partial charge in [-0.05, 0) is 30.5 Å². The van der Waals surface area contributed by atoms with Crippen molar-refractivity contribution in [2.24, 2.45) is 0 Å². The zero-order chi connectivity index (χ0) is 15.4. The van der Waals surface area contributed by atoms with Crippen LogP contribution in [0.15, 0.2) is 47.4 Å². The minimum Gasteiger partial charge on any atom is -0.508 e. The fourth-order valence-electron chi connectivity index (χ4n) is 1.77. The van der Waals surface area contributed by atoms with Gasteiger partial charge in [0.15, 0.2) is 0 Å². The lowest BCUT2D eigenvalue weighted by Crippen LogP contribution is -2.14. The molecule has 0 aliphatic rings. The Kier molecular flexibility index (Phi) is 4.44. The number of nitrogens with zero attached hydrogens (tertiary/aromatic N) is 1. The van der Waals surface area contributed by atoms with Gasteiger partial charge in [-0.1, -0.05) is 6.07 Å². The van der Waals surface area contributed by atoms with Gasteiger partial charge in [0.2, 0.25) is 0 Å². The summed E-state index contributed by atoms with van der Waals surface area (Å²) in [6.45, 7) is 0. The van der Waals surface area contributed by atoms with Crippen LogP contribution in [0.2, 0.25) is 0 Å². The van der Waals surface area contributed by atoms with Gasteiger partial charge in [0, 0.05) is 22.7 Å². The average Bonchev–Trinajstić information content (AvgIpc) is 2.46. The third-order valence-electron chi connectivity index (χ3n) is 2.75. The zero-order valence-electron chi connectivity index (χ0n) is 11.1. The van der Waals surface area contributed by atoms with E-state index in [2.05, 4.69) is 5.32 Å². The highest BCUT2D eigenvalue weighted by molar-refractivity contribution is 7.98. The molecule has 2 aromatic rings. The number of phenols is 1. The minimum absolute atomic E-state index is 0.000152. The molecule has 7 heteroatoms. The largest absolute Gasteiger partial charge is 0.508 e. The summed E-state index contributed by atoms with van der Waals surface area (Å²) in [5, 5.41) is 22.9. The molecule has 0 atom stereocenters. The Labute approximate surface area is 125 Å². The van der Waals surface area contributed by atoms with E-state index in [0.29, 0.717) is 5.69 Å². The van der Waals surface area contributed by atoms with Gasteiger partial charge in [-0.15, -0.1) is 11.8 Å². The van der Waals surface area contributed by atoms with Crippen molar-refractivity contribution in [2.45, 2.75) is 4.90 Å². The SMILES string of the molecule is CSc1ccc([N+](=O)[O-])c(C(=O)Nc2cccc(O)c2)c1. The van der Waals surface area contributed by atoms with E-state index < -0.39 is 10.8 Å². The number of phenolic OH excluding ortho intramolecular Hbond substituents is 1. The Morgan fingerprint density at radius 2 is 2.05 bits per heavy atom. The molecule has 0 aromatic heterocycles. The molecule has 0 radical (unpaired) electrons. The number of rotatable bonds is 4. The molecule has 108 valence electrons. The number of anilines is 1. The Hall–Kier alpha value is -2.54. The third-order valence-corrected chi connectivity index (χ3v) is 3.47. The molecule has 1 amide bonds. The molecule has 0 bridgehead atoms. The Morgan fingerprint density at radius 3 is 2.67 bits per heavy atom. The van der Waals surface area contributed by atoms with Crippen molar-refractivity contribution >= 4 is 29.0 Å². The summed E-state index contributed by atoms with van der Waals surface area (Å²) in [7, 11) is 0. The lowest BCUT2D eigenvalue weighted by atomic mass is 10.1. The number of benzene rings is 2. The first-order valence-electron chi connectivity index (χ1n) is 5.94. The fraction of sp³-hybridized carbons (Fsp3) is 0.0714. The van der Waals surface area contributed by atoms with Gasteiger partial charge >= 0.3 is 0 Å². The molecular formula is C14H12N2O4S. The quantitative estimate of drug-likeness (QED) is 0.514. The van der Waals surface area contributed by atoms with Crippen LogP contribution in [-0.2, 0) is 0 Å². The van der Waals surface area contributed by atoms with Crippen LogP contribution in [-0.4, -0.2) is 22.2 Å². The van der Waals surface area contributed by atoms with Crippen molar-refractivity contribution < 1.29 is 14.8 Å². The van der Waals surface area contributed by atoms with Gasteiger partial charge in [-0.3, -0.25) is 14.9 Å². The second-order valence-corrected chi connectivity index (χ2v) is 5.02. The smallest absolute Gasteiger partial charge is 0.282 e. The van der Waals surface area contributed by atoms with E-state index in [1.807, 2.05) is 6.26 Å². The fourth-order valence-corrected chi connectivity index (χ4v) is 2.21. The van der Waals surface area contributed by atoms with Crippen LogP contribution in [0.25, 0.3) is 0 Å². The van der Waals surface area contributed by atoms with Gasteiger partial charge in [0.25, 0.3) is 11.6 Å². The highest BCUT2D eigenvalue weighted by atomic mass is 32.2. The third kappa shape index (κ3) is 3.51. The van der Waals surface area contributed by atoms with Crippen molar-refractivity contribution in [1.29, 1.82) is 0 Å². The summed E-state index contributed by atoms with van der Waals surface area (Å²) in [4.78, 5) is 23.4. The van der Waals surface area contributed by atoms with E-state index in [9.17, 15) is 20.0 Å². The predicted octanol–water partition coefficient (Wildman–Crippen LogP) is 3.27. The highest BCUT2D eigenvalue weighted by Gasteiger charge is 2.20. The number of nitrogens with one attached hydrogen (secondary N) is 1. The molecule has 0 aliphatic heterocycles. The molecule has 21 heavy (non-hydrogen) atoms. The number of aromatic hydroxyl groups is 1. The molecule has 0 unspecified atom stereocenters. The Balaban J connectivity index is 2.35. The van der Waals surface area contributed by atoms with Crippen LogP contribution >= 0.6 is 11.8 Å². The molecule has 2 aromatic carbocycles. The standard InChI is InChI=1S/C14H12N2O4S/c1-21-11-5-6-13(16(19)20)12(8-11)14(18)15-9-3-2-4-10(17)7-9/h2-8,17H,1H3,(H,15,18). The van der Waals surface area contributed by atoms with E-state index in [1.165, 1.54) is 36.0 Å². The lowest BCUT2D eigenvalue weighted by Gasteiger charge is -2.07. The topological polar surface area (TPSA) is 92.5 Å². The molecule has 0 heterocycles. The molecular weight excluding hydrogens is 292 g/mol. The van der Waals surface area contributed by atoms with Gasteiger partial charge in [0.05, 0.1) is 4.92 Å². The molecule has 0 saturated carbocycles. The van der Waals surface area contributed by atoms with E-state index in [-0.39, 0.29) is 17.0 Å². The second-order valence-electron chi connectivity index (χ2n) is 4.14. The van der Waals surface area contributed by atoms with Crippen LogP contribution in [0.3, 0.4) is 0 Å². The second kappa shape index (κ2) is 6.27. The van der Waals surface area contributed by atoms with E-state index >= 15 is 0 Å². The number of amides is 1. The normalized spacial score (nSPS) is 10.1. The number of hydrogen-bond acceptors (Lipinski definition) is 5. The summed E-state index contributed by atoms with van der Waals surface area (Å²) >= 11 is 1.39. The molecule has 0 spiro atoms. The maximum atomic E-state index is 12.2. The first-order valence-corrected chi connectivity index (χ1v) is 7.16. The number of hydrogen-bond donors (Lipinski definition) is 2. The maximum Gasteiger partial charge on any atom is 0.282 e. The Bertz CT molecular complexity index is 703. The molecule has 2 rings (SSSR count). The first-order chi connectivity index (χ1) is 10.0. The summed E-state index contributed by atoms with van der Waals surface area (Å²) in [5.74, 6) is -0.594. The molecule has 0 aliphatic carbocycles. The van der Waals surface area contributed by atoms with Crippen molar-refractivity contribution in [3.05, 3.63) is 58.1 Å². The van der Waals surface area contributed by atoms with Gasteiger partial charge in [-0.2, -0.15) is 0 Å². The van der Waals surface area contributed by atoms with Crippen LogP contribution in [0.1, 0.15) is 10.4 Å². The molecule has 0 saturated heterocycles. The first kappa shape index (κ1) is 14.9. The van der Waals surface area contributed by atoms with Crippen molar-refractivity contribution in [3.63, 3.8) is 0 Å². The summed E-state index contributed by atoms with van der Waals surface area (Å²) in [6.07, 6.45) is 1.82. The van der Waals surface area contributed by atoms with Crippen LogP contribution < -0.4 is 5.32 Å². The van der Waals surface area contributed by atoms with Crippen molar-refractivity contribution in [2.75, 3.05) is 11.6 Å². The van der Waals surface area contributed by atoms with E-state index in [4.69, 9.17) is 0 Å². The van der Waals surface area contributed by atoms with E-state index in [1.54, 1.807) is 18.2 Å². The lowest BCUT2D eigenvalue weighted by molar-refractivity contribution is -0.385. The Morgan fingerprint density at radius 1 is 1.29 bits per heavy atom. The summed E-state index contributed by atoms with van der Waals surface area (Å²) in [6, 6.07) is 10.4. The zero-order valence-corrected chi connectivity index (χ0v) is 11.9. The number of nitro benzene ring substituents is 1. The van der Waals surface area contributed by atoms with Gasteiger partial charge < -0.3 is 10.4 Å². The van der Waals surface area contributed by atoms with Gasteiger partial charge in [-0.25, -0.2) is 0 Å². The number of carbonyl (C=O) groups is 1. The number of thioether (sulfide) groups is 1. The number of carbonyl (C=O) groups excluding carboxylic acids is 1. The minimum atomic E-state index is -0.596. The van der Waals surface area contributed by atoms with E-state index in [0.717, 1.165) is 4.90 Å². The van der Waals surface area contributed by atoms with Gasteiger partial charge in [0.1, 0.15) is 11.3 Å². The van der Waals surface area contributed by atoms with Crippen molar-refractivity contribution in [3.8, 4) is 5.75 Å². The maximum absolute atomic E-state index is 12.2. The molecule has 6 nitrogen and oxygen atoms in total. The monoisotopic (exact) mass is 304 g/mol.